The molecule has 29 heavy (non-hydrogen) atoms. The highest BCUT2D eigenvalue weighted by molar-refractivity contribution is 7.90. The van der Waals surface area contributed by atoms with E-state index in [0.29, 0.717) is 16.9 Å². The lowest BCUT2D eigenvalue weighted by atomic mass is 10.2. The van der Waals surface area contributed by atoms with E-state index >= 15 is 0 Å². The molecule has 0 saturated carbocycles. The van der Waals surface area contributed by atoms with Gasteiger partial charge in [0.05, 0.1) is 26.5 Å². The van der Waals surface area contributed by atoms with E-state index < -0.39 is 16.0 Å². The molecule has 0 aliphatic carbocycles. The second-order valence-corrected chi connectivity index (χ2v) is 7.55. The van der Waals surface area contributed by atoms with Gasteiger partial charge in [0.1, 0.15) is 4.90 Å². The van der Waals surface area contributed by atoms with Crippen LogP contribution in [0.4, 0.5) is 0 Å². The standard InChI is InChI=1S/C19H19N3O6S/c1-13(24)28-17-11-14(7-8-16(17)27-2)12-20-22(9-10-23)19-15-5-3-4-6-18(15)29(25,26)21-19/h3-8,11-12,23H,9-10H2,1-2H3. The minimum atomic E-state index is -3.81. The fraction of sp³-hybridized carbons (Fsp3) is 0.211. The lowest BCUT2D eigenvalue weighted by Gasteiger charge is -2.17. The molecule has 0 spiro atoms. The van der Waals surface area contributed by atoms with Crippen molar-refractivity contribution in [3.8, 4) is 11.5 Å². The van der Waals surface area contributed by atoms with E-state index in [4.69, 9.17) is 9.47 Å². The molecule has 2 aromatic carbocycles. The molecule has 10 heteroatoms. The van der Waals surface area contributed by atoms with Crippen molar-refractivity contribution in [1.82, 2.24) is 5.01 Å². The zero-order chi connectivity index (χ0) is 21.0. The third kappa shape index (κ3) is 4.44. The van der Waals surface area contributed by atoms with E-state index in [0.717, 1.165) is 0 Å². The minimum Gasteiger partial charge on any atom is -0.493 e. The van der Waals surface area contributed by atoms with Gasteiger partial charge in [0.15, 0.2) is 17.3 Å². The first-order valence-electron chi connectivity index (χ1n) is 8.59. The molecule has 2 aromatic rings. The van der Waals surface area contributed by atoms with Crippen LogP contribution in [-0.2, 0) is 14.8 Å². The number of aliphatic hydroxyl groups is 1. The van der Waals surface area contributed by atoms with E-state index in [1.807, 2.05) is 0 Å². The molecule has 0 fully saturated rings. The number of aliphatic hydroxyl groups excluding tert-OH is 1. The number of ether oxygens (including phenoxy) is 2. The highest BCUT2D eigenvalue weighted by Crippen LogP contribution is 2.29. The Morgan fingerprint density at radius 1 is 1.24 bits per heavy atom. The highest BCUT2D eigenvalue weighted by Gasteiger charge is 2.31. The van der Waals surface area contributed by atoms with Gasteiger partial charge in [0.25, 0.3) is 10.0 Å². The van der Waals surface area contributed by atoms with E-state index in [1.54, 1.807) is 36.4 Å². The summed E-state index contributed by atoms with van der Waals surface area (Å²) in [5.41, 5.74) is 0.980. The van der Waals surface area contributed by atoms with Gasteiger partial charge in [-0.3, -0.25) is 4.79 Å². The lowest BCUT2D eigenvalue weighted by molar-refractivity contribution is -0.132. The third-order valence-corrected chi connectivity index (χ3v) is 5.28. The number of esters is 1. The Morgan fingerprint density at radius 3 is 2.69 bits per heavy atom. The number of hydrogen-bond donors (Lipinski definition) is 1. The first-order chi connectivity index (χ1) is 13.9. The number of sulfonamides is 1. The Hall–Kier alpha value is -3.24. The second-order valence-electron chi connectivity index (χ2n) is 5.98. The Morgan fingerprint density at radius 2 is 2.00 bits per heavy atom. The van der Waals surface area contributed by atoms with E-state index in [9.17, 15) is 18.3 Å². The Kier molecular flexibility index (Phi) is 5.95. The number of methoxy groups -OCH3 is 1. The molecule has 0 unspecified atom stereocenters. The van der Waals surface area contributed by atoms with Crippen LogP contribution < -0.4 is 9.47 Å². The predicted octanol–water partition coefficient (Wildman–Crippen LogP) is 1.40. The third-order valence-electron chi connectivity index (χ3n) is 3.96. The molecule has 1 aliphatic heterocycles. The molecular weight excluding hydrogens is 398 g/mol. The van der Waals surface area contributed by atoms with Crippen LogP contribution in [-0.4, -0.2) is 56.8 Å². The van der Waals surface area contributed by atoms with Crippen LogP contribution >= 0.6 is 0 Å². The predicted molar refractivity (Wildman–Crippen MR) is 106 cm³/mol. The molecule has 1 aliphatic rings. The zero-order valence-electron chi connectivity index (χ0n) is 15.8. The first-order valence-corrected chi connectivity index (χ1v) is 10.0. The molecule has 0 atom stereocenters. The van der Waals surface area contributed by atoms with Gasteiger partial charge in [-0.15, -0.1) is 4.40 Å². The summed E-state index contributed by atoms with van der Waals surface area (Å²) in [6, 6.07) is 11.3. The number of nitrogens with zero attached hydrogens (tertiary/aromatic N) is 3. The van der Waals surface area contributed by atoms with Crippen LogP contribution in [0.2, 0.25) is 0 Å². The molecule has 0 saturated heterocycles. The van der Waals surface area contributed by atoms with Gasteiger partial charge in [0.2, 0.25) is 0 Å². The smallest absolute Gasteiger partial charge is 0.308 e. The maximum Gasteiger partial charge on any atom is 0.308 e. The number of carbonyl (C=O) groups excluding carboxylic acids is 1. The maximum absolute atomic E-state index is 12.3. The molecular formula is C19H19N3O6S. The van der Waals surface area contributed by atoms with Gasteiger partial charge >= 0.3 is 5.97 Å². The Balaban J connectivity index is 1.94. The van der Waals surface area contributed by atoms with Crippen LogP contribution in [0.15, 0.2) is 56.9 Å². The average Bonchev–Trinajstić information content (AvgIpc) is 2.96. The fourth-order valence-electron chi connectivity index (χ4n) is 2.73. The summed E-state index contributed by atoms with van der Waals surface area (Å²) in [5.74, 6) is 0.231. The summed E-state index contributed by atoms with van der Waals surface area (Å²) < 4.78 is 38.6. The SMILES string of the molecule is COc1ccc(C=NN(CCO)C2=NS(=O)(=O)c3ccccc32)cc1OC(C)=O. The lowest BCUT2D eigenvalue weighted by Crippen LogP contribution is -2.28. The second kappa shape index (κ2) is 8.41. The van der Waals surface area contributed by atoms with Crippen LogP contribution in [0.25, 0.3) is 0 Å². The summed E-state index contributed by atoms with van der Waals surface area (Å²) in [6.45, 7) is 1.05. The Bertz CT molecular complexity index is 1090. The number of benzene rings is 2. The summed E-state index contributed by atoms with van der Waals surface area (Å²) >= 11 is 0. The molecule has 152 valence electrons. The summed E-state index contributed by atoms with van der Waals surface area (Å²) in [7, 11) is -2.36. The van der Waals surface area contributed by atoms with Gasteiger partial charge in [0, 0.05) is 12.5 Å². The molecule has 3 rings (SSSR count). The fourth-order valence-corrected chi connectivity index (χ4v) is 3.94. The molecule has 1 heterocycles. The zero-order valence-corrected chi connectivity index (χ0v) is 16.6. The minimum absolute atomic E-state index is 0.0339. The van der Waals surface area contributed by atoms with Crippen molar-refractivity contribution < 1.29 is 27.8 Å². The van der Waals surface area contributed by atoms with Crippen molar-refractivity contribution in [3.63, 3.8) is 0 Å². The monoisotopic (exact) mass is 417 g/mol. The van der Waals surface area contributed by atoms with Crippen molar-refractivity contribution in [3.05, 3.63) is 53.6 Å². The Labute approximate surface area is 168 Å². The topological polar surface area (TPSA) is 118 Å². The molecule has 9 nitrogen and oxygen atoms in total. The van der Waals surface area contributed by atoms with Crippen molar-refractivity contribution in [2.24, 2.45) is 9.50 Å². The van der Waals surface area contributed by atoms with Gasteiger partial charge in [-0.1, -0.05) is 12.1 Å². The van der Waals surface area contributed by atoms with Crippen LogP contribution in [0.3, 0.4) is 0 Å². The van der Waals surface area contributed by atoms with Gasteiger partial charge in [-0.2, -0.15) is 13.5 Å². The summed E-state index contributed by atoms with van der Waals surface area (Å²) in [5, 5.41) is 15.0. The van der Waals surface area contributed by atoms with Crippen molar-refractivity contribution >= 4 is 28.0 Å². The molecule has 1 N–H and O–H groups in total. The van der Waals surface area contributed by atoms with Crippen molar-refractivity contribution in [1.29, 1.82) is 0 Å². The average molecular weight is 417 g/mol. The molecule has 0 aromatic heterocycles. The van der Waals surface area contributed by atoms with Crippen LogP contribution in [0.5, 0.6) is 11.5 Å². The molecule has 0 radical (unpaired) electrons. The van der Waals surface area contributed by atoms with E-state index in [-0.39, 0.29) is 29.6 Å². The van der Waals surface area contributed by atoms with E-state index in [1.165, 1.54) is 31.3 Å². The quantitative estimate of drug-likeness (QED) is 0.327. The first kappa shape index (κ1) is 20.5. The van der Waals surface area contributed by atoms with Crippen molar-refractivity contribution in [2.75, 3.05) is 20.3 Å². The molecule has 0 amide bonds. The van der Waals surface area contributed by atoms with Crippen LogP contribution in [0.1, 0.15) is 18.1 Å². The largest absolute Gasteiger partial charge is 0.493 e. The maximum atomic E-state index is 12.3. The number of amidine groups is 1. The van der Waals surface area contributed by atoms with Gasteiger partial charge in [-0.25, -0.2) is 5.01 Å². The molecule has 0 bridgehead atoms. The summed E-state index contributed by atoms with van der Waals surface area (Å²) in [6.07, 6.45) is 1.44. The normalized spacial score (nSPS) is 14.4. The number of fused-ring (bicyclic) bond motifs is 1. The van der Waals surface area contributed by atoms with Gasteiger partial charge in [-0.05, 0) is 35.9 Å². The number of rotatable bonds is 6. The highest BCUT2D eigenvalue weighted by atomic mass is 32.2. The van der Waals surface area contributed by atoms with Crippen molar-refractivity contribution in [2.45, 2.75) is 11.8 Å². The number of hydrazone groups is 1. The summed E-state index contributed by atoms with van der Waals surface area (Å²) in [4.78, 5) is 11.4. The number of hydrogen-bond acceptors (Lipinski definition) is 8. The van der Waals surface area contributed by atoms with Gasteiger partial charge < -0.3 is 14.6 Å². The number of carbonyl (C=O) groups is 1. The van der Waals surface area contributed by atoms with Crippen LogP contribution in [0, 0.1) is 0 Å². The van der Waals surface area contributed by atoms with E-state index in [2.05, 4.69) is 9.50 Å².